The van der Waals surface area contributed by atoms with E-state index in [0.29, 0.717) is 12.0 Å². The van der Waals surface area contributed by atoms with E-state index in [9.17, 15) is 4.79 Å². The third kappa shape index (κ3) is 4.34. The van der Waals surface area contributed by atoms with Crippen molar-refractivity contribution in [1.29, 1.82) is 0 Å². The number of carbonyl (C=O) groups excluding carboxylic acids is 1. The molecule has 0 fully saturated rings. The first-order valence-corrected chi connectivity index (χ1v) is 9.61. The smallest absolute Gasteiger partial charge is 0.167 e. The average molecular weight is 392 g/mol. The highest BCUT2D eigenvalue weighted by Gasteiger charge is 2.09. The van der Waals surface area contributed by atoms with Crippen LogP contribution < -0.4 is 0 Å². The molecule has 4 aromatic rings. The van der Waals surface area contributed by atoms with E-state index in [1.807, 2.05) is 73.1 Å². The van der Waals surface area contributed by atoms with Crippen LogP contribution in [0.3, 0.4) is 0 Å². The monoisotopic (exact) mass is 392 g/mol. The number of rotatable bonds is 4. The van der Waals surface area contributed by atoms with Crippen LogP contribution in [0.25, 0.3) is 5.69 Å². The lowest BCUT2D eigenvalue weighted by atomic mass is 10.0. The van der Waals surface area contributed by atoms with Crippen molar-refractivity contribution in [3.8, 4) is 17.5 Å². The quantitative estimate of drug-likeness (QED) is 0.387. The van der Waals surface area contributed by atoms with Gasteiger partial charge in [0.1, 0.15) is 0 Å². The minimum atomic E-state index is 0.0547. The Morgan fingerprint density at radius 2 is 1.93 bits per heavy atom. The summed E-state index contributed by atoms with van der Waals surface area (Å²) in [6, 6.07) is 15.3. The maximum Gasteiger partial charge on any atom is 0.167 e. The van der Waals surface area contributed by atoms with Crippen LogP contribution in [0.4, 0.5) is 0 Å². The van der Waals surface area contributed by atoms with Crippen LogP contribution in [0.5, 0.6) is 0 Å². The number of hydrogen-bond acceptors (Lipinski definition) is 4. The number of imidazole rings is 1. The van der Waals surface area contributed by atoms with E-state index < -0.39 is 0 Å². The molecule has 0 unspecified atom stereocenters. The fraction of sp³-hybridized carbons (Fsp3) is 0.120. The van der Waals surface area contributed by atoms with Gasteiger partial charge in [0, 0.05) is 41.2 Å². The van der Waals surface area contributed by atoms with Crippen LogP contribution in [-0.4, -0.2) is 25.5 Å². The van der Waals surface area contributed by atoms with Gasteiger partial charge >= 0.3 is 0 Å². The molecule has 2 aromatic carbocycles. The van der Waals surface area contributed by atoms with Crippen molar-refractivity contribution in [3.63, 3.8) is 0 Å². The Kier molecular flexibility index (Phi) is 5.49. The maximum absolute atomic E-state index is 12.9. The van der Waals surface area contributed by atoms with E-state index in [0.717, 1.165) is 33.6 Å². The zero-order valence-corrected chi connectivity index (χ0v) is 16.8. The van der Waals surface area contributed by atoms with E-state index in [1.54, 1.807) is 18.7 Å². The molecule has 2 heterocycles. The topological polar surface area (TPSA) is 60.7 Å². The number of carbonyl (C=O) groups is 1. The van der Waals surface area contributed by atoms with Crippen molar-refractivity contribution >= 4 is 5.78 Å². The lowest BCUT2D eigenvalue weighted by molar-refractivity contribution is 0.0993. The second-order valence-electron chi connectivity index (χ2n) is 7.04. The molecule has 0 radical (unpaired) electrons. The second-order valence-corrected chi connectivity index (χ2v) is 7.04. The SMILES string of the molecule is Cc1nncc(C#Cc2cccc(C(=O)Cc3cccc(-n4ccnc4)c3)c2)c1C. The molecular weight excluding hydrogens is 372 g/mol. The highest BCUT2D eigenvalue weighted by atomic mass is 16.1. The first kappa shape index (κ1) is 19.3. The third-order valence-electron chi connectivity index (χ3n) is 4.95. The Bertz CT molecular complexity index is 1260. The predicted molar refractivity (Wildman–Crippen MR) is 116 cm³/mol. The summed E-state index contributed by atoms with van der Waals surface area (Å²) < 4.78 is 1.92. The van der Waals surface area contributed by atoms with Crippen molar-refractivity contribution in [2.45, 2.75) is 20.3 Å². The molecule has 0 saturated carbocycles. The van der Waals surface area contributed by atoms with Crippen LogP contribution in [0.15, 0.2) is 73.4 Å². The van der Waals surface area contributed by atoms with Crippen LogP contribution >= 0.6 is 0 Å². The number of hydrogen-bond donors (Lipinski definition) is 0. The molecule has 146 valence electrons. The van der Waals surface area contributed by atoms with Gasteiger partial charge in [-0.25, -0.2) is 4.98 Å². The summed E-state index contributed by atoms with van der Waals surface area (Å²) in [4.78, 5) is 16.9. The van der Waals surface area contributed by atoms with Gasteiger partial charge in [-0.15, -0.1) is 0 Å². The van der Waals surface area contributed by atoms with Crippen LogP contribution in [0.1, 0.15) is 38.3 Å². The van der Waals surface area contributed by atoms with Gasteiger partial charge in [0.15, 0.2) is 5.78 Å². The number of Topliss-reactive ketones (excluding diaryl/α,β-unsaturated/α-hetero) is 1. The van der Waals surface area contributed by atoms with Crippen LogP contribution in [0.2, 0.25) is 0 Å². The molecule has 0 bridgehead atoms. The van der Waals surface area contributed by atoms with Crippen molar-refractivity contribution in [1.82, 2.24) is 19.7 Å². The molecule has 0 aliphatic carbocycles. The third-order valence-corrected chi connectivity index (χ3v) is 4.95. The van der Waals surface area contributed by atoms with E-state index in [-0.39, 0.29) is 5.78 Å². The molecule has 2 aromatic heterocycles. The summed E-state index contributed by atoms with van der Waals surface area (Å²) in [5, 5.41) is 7.99. The second kappa shape index (κ2) is 8.54. The van der Waals surface area contributed by atoms with E-state index in [1.165, 1.54) is 0 Å². The fourth-order valence-corrected chi connectivity index (χ4v) is 3.10. The minimum absolute atomic E-state index is 0.0547. The molecule has 0 aliphatic heterocycles. The molecule has 0 saturated heterocycles. The van der Waals surface area contributed by atoms with Gasteiger partial charge in [-0.05, 0) is 49.2 Å². The first-order valence-electron chi connectivity index (χ1n) is 9.61. The molecular formula is C25H20N4O. The molecule has 0 spiro atoms. The summed E-state index contributed by atoms with van der Waals surface area (Å²) in [6.07, 6.45) is 7.34. The Morgan fingerprint density at radius 1 is 1.07 bits per heavy atom. The van der Waals surface area contributed by atoms with E-state index >= 15 is 0 Å². The number of benzene rings is 2. The van der Waals surface area contributed by atoms with Crippen LogP contribution in [-0.2, 0) is 6.42 Å². The number of aryl methyl sites for hydroxylation is 1. The van der Waals surface area contributed by atoms with Crippen LogP contribution in [0, 0.1) is 25.7 Å². The van der Waals surface area contributed by atoms with E-state index in [4.69, 9.17) is 0 Å². The summed E-state index contributed by atoms with van der Waals surface area (Å²) >= 11 is 0. The van der Waals surface area contributed by atoms with Gasteiger partial charge in [-0.3, -0.25) is 4.79 Å². The summed E-state index contributed by atoms with van der Waals surface area (Å²) in [5.41, 5.74) is 6.10. The molecule has 5 heteroatoms. The summed E-state index contributed by atoms with van der Waals surface area (Å²) in [6.45, 7) is 3.89. The van der Waals surface area contributed by atoms with Gasteiger partial charge in [-0.1, -0.05) is 36.1 Å². The van der Waals surface area contributed by atoms with Crippen molar-refractivity contribution in [2.75, 3.05) is 0 Å². The summed E-state index contributed by atoms with van der Waals surface area (Å²) in [5.74, 6) is 6.33. The lowest BCUT2D eigenvalue weighted by Crippen LogP contribution is -2.04. The van der Waals surface area contributed by atoms with Gasteiger partial charge < -0.3 is 4.57 Å². The van der Waals surface area contributed by atoms with Crippen molar-refractivity contribution in [2.24, 2.45) is 0 Å². The molecule has 0 aliphatic rings. The fourth-order valence-electron chi connectivity index (χ4n) is 3.10. The molecule has 0 amide bonds. The Morgan fingerprint density at radius 3 is 2.77 bits per heavy atom. The number of ketones is 1. The normalized spacial score (nSPS) is 10.3. The largest absolute Gasteiger partial charge is 0.306 e. The Hall–Kier alpha value is -4.04. The maximum atomic E-state index is 12.9. The Balaban J connectivity index is 1.53. The average Bonchev–Trinajstić information content (AvgIpc) is 3.30. The minimum Gasteiger partial charge on any atom is -0.306 e. The highest BCUT2D eigenvalue weighted by molar-refractivity contribution is 5.97. The molecule has 0 N–H and O–H groups in total. The predicted octanol–water partition coefficient (Wildman–Crippen LogP) is 4.10. The van der Waals surface area contributed by atoms with Gasteiger partial charge in [0.05, 0.1) is 18.2 Å². The van der Waals surface area contributed by atoms with Crippen molar-refractivity contribution in [3.05, 3.63) is 107 Å². The molecule has 4 rings (SSSR count). The summed E-state index contributed by atoms with van der Waals surface area (Å²) in [7, 11) is 0. The zero-order valence-electron chi connectivity index (χ0n) is 16.8. The van der Waals surface area contributed by atoms with Gasteiger partial charge in [0.2, 0.25) is 0 Å². The zero-order chi connectivity index (χ0) is 20.9. The molecule has 5 nitrogen and oxygen atoms in total. The van der Waals surface area contributed by atoms with Crippen molar-refractivity contribution < 1.29 is 4.79 Å². The molecule has 0 atom stereocenters. The Labute approximate surface area is 175 Å². The standard InChI is InChI=1S/C25H20N4O/c1-18-19(2)28-27-16-23(18)10-9-20-5-3-7-22(13-20)25(30)15-21-6-4-8-24(14-21)29-12-11-26-17-29/h3-8,11-14,16-17H,15H2,1-2H3. The lowest BCUT2D eigenvalue weighted by Gasteiger charge is -2.06. The number of nitrogens with zero attached hydrogens (tertiary/aromatic N) is 4. The van der Waals surface area contributed by atoms with Gasteiger partial charge in [0.25, 0.3) is 0 Å². The number of aromatic nitrogens is 4. The van der Waals surface area contributed by atoms with E-state index in [2.05, 4.69) is 27.0 Å². The highest BCUT2D eigenvalue weighted by Crippen LogP contribution is 2.14. The molecule has 30 heavy (non-hydrogen) atoms. The van der Waals surface area contributed by atoms with Gasteiger partial charge in [-0.2, -0.15) is 10.2 Å². The first-order chi connectivity index (χ1) is 14.6.